The summed E-state index contributed by atoms with van der Waals surface area (Å²) in [6.45, 7) is 16.8. The number of carbonyl (C=O) groups excluding carboxylic acids is 2. The summed E-state index contributed by atoms with van der Waals surface area (Å²) in [7, 11) is 9.65. The van der Waals surface area contributed by atoms with E-state index in [1.807, 2.05) is 0 Å². The van der Waals surface area contributed by atoms with E-state index in [-0.39, 0.29) is 11.9 Å². The lowest BCUT2D eigenvalue weighted by Gasteiger charge is -2.32. The van der Waals surface area contributed by atoms with Gasteiger partial charge in [0, 0.05) is 24.0 Å². The standard InChI is InChI=1S/C38H74N2O4/c1-35(2)37(41)43-33-27-21-17-13-9-11-15-19-23-29-39(5,6)31-25-26-32-40(7,8)30-24-20-16-12-10-14-18-22-28-34-44-38(42)36(3)4/h1,3,9-34H2,2,4-8H3/q+2. The van der Waals surface area contributed by atoms with E-state index in [1.165, 1.54) is 129 Å². The van der Waals surface area contributed by atoms with Crippen LogP contribution in [0.3, 0.4) is 0 Å². The summed E-state index contributed by atoms with van der Waals surface area (Å²) in [5.74, 6) is -0.525. The third-order valence-electron chi connectivity index (χ3n) is 8.76. The van der Waals surface area contributed by atoms with Crippen molar-refractivity contribution >= 4 is 11.9 Å². The fourth-order valence-electron chi connectivity index (χ4n) is 5.64. The maximum absolute atomic E-state index is 11.3. The van der Waals surface area contributed by atoms with Gasteiger partial charge in [0.25, 0.3) is 0 Å². The van der Waals surface area contributed by atoms with E-state index < -0.39 is 0 Å². The van der Waals surface area contributed by atoms with E-state index in [0.29, 0.717) is 24.4 Å². The fourth-order valence-corrected chi connectivity index (χ4v) is 5.64. The molecule has 0 amide bonds. The summed E-state index contributed by atoms with van der Waals surface area (Å²) >= 11 is 0. The maximum Gasteiger partial charge on any atom is 0.333 e. The molecule has 0 aliphatic rings. The molecule has 0 aromatic heterocycles. The van der Waals surface area contributed by atoms with Gasteiger partial charge in [-0.05, 0) is 52.4 Å². The predicted octanol–water partition coefficient (Wildman–Crippen LogP) is 9.18. The molecule has 0 heterocycles. The lowest BCUT2D eigenvalue weighted by Crippen LogP contribution is -2.43. The van der Waals surface area contributed by atoms with Crippen molar-refractivity contribution in [1.29, 1.82) is 0 Å². The molecule has 0 N–H and O–H groups in total. The number of rotatable bonds is 31. The van der Waals surface area contributed by atoms with Gasteiger partial charge in [-0.2, -0.15) is 0 Å². The number of hydrogen-bond donors (Lipinski definition) is 0. The van der Waals surface area contributed by atoms with Crippen molar-refractivity contribution in [2.24, 2.45) is 0 Å². The number of hydrogen-bond acceptors (Lipinski definition) is 4. The van der Waals surface area contributed by atoms with Crippen LogP contribution in [0, 0.1) is 0 Å². The van der Waals surface area contributed by atoms with Crippen LogP contribution in [0.1, 0.15) is 142 Å². The molecule has 258 valence electrons. The number of carbonyl (C=O) groups is 2. The Balaban J connectivity index is 3.58. The summed E-state index contributed by atoms with van der Waals surface area (Å²) in [5, 5.41) is 0. The van der Waals surface area contributed by atoms with Crippen molar-refractivity contribution in [3.8, 4) is 0 Å². The second-order valence-corrected chi connectivity index (χ2v) is 14.7. The summed E-state index contributed by atoms with van der Waals surface area (Å²) in [6, 6.07) is 0. The molecule has 0 fully saturated rings. The first-order chi connectivity index (χ1) is 20.9. The van der Waals surface area contributed by atoms with Crippen molar-refractivity contribution in [2.75, 3.05) is 67.6 Å². The minimum atomic E-state index is -0.263. The van der Waals surface area contributed by atoms with Crippen LogP contribution < -0.4 is 0 Å². The topological polar surface area (TPSA) is 52.6 Å². The Morgan fingerprint density at radius 3 is 0.864 bits per heavy atom. The molecule has 0 saturated carbocycles. The number of ether oxygens (including phenoxy) is 2. The van der Waals surface area contributed by atoms with E-state index in [2.05, 4.69) is 41.3 Å². The zero-order chi connectivity index (χ0) is 33.1. The Labute approximate surface area is 273 Å². The third kappa shape index (κ3) is 27.9. The molecule has 0 saturated heterocycles. The molecule has 0 aromatic carbocycles. The average molecular weight is 623 g/mol. The van der Waals surface area contributed by atoms with Crippen LogP contribution in [0.25, 0.3) is 0 Å². The molecule has 0 atom stereocenters. The van der Waals surface area contributed by atoms with Crippen LogP contribution >= 0.6 is 0 Å². The molecule has 6 nitrogen and oxygen atoms in total. The van der Waals surface area contributed by atoms with Gasteiger partial charge in [-0.1, -0.05) is 90.2 Å². The first kappa shape index (κ1) is 42.3. The van der Waals surface area contributed by atoms with E-state index in [4.69, 9.17) is 9.47 Å². The minimum absolute atomic E-state index is 0.263. The van der Waals surface area contributed by atoms with E-state index >= 15 is 0 Å². The van der Waals surface area contributed by atoms with Gasteiger partial charge < -0.3 is 18.4 Å². The molecule has 6 heteroatoms. The first-order valence-electron chi connectivity index (χ1n) is 18.2. The molecule has 0 bridgehead atoms. The largest absolute Gasteiger partial charge is 0.462 e. The van der Waals surface area contributed by atoms with Crippen molar-refractivity contribution in [1.82, 2.24) is 0 Å². The van der Waals surface area contributed by atoms with Gasteiger partial charge >= 0.3 is 11.9 Å². The van der Waals surface area contributed by atoms with Crippen LogP contribution in [-0.4, -0.2) is 88.5 Å². The van der Waals surface area contributed by atoms with Crippen LogP contribution in [0.4, 0.5) is 0 Å². The molecule has 0 unspecified atom stereocenters. The number of nitrogens with zero attached hydrogens (tertiary/aromatic N) is 2. The van der Waals surface area contributed by atoms with Gasteiger partial charge in [-0.3, -0.25) is 0 Å². The van der Waals surface area contributed by atoms with Gasteiger partial charge in [-0.25, -0.2) is 9.59 Å². The number of unbranched alkanes of at least 4 members (excludes halogenated alkanes) is 17. The van der Waals surface area contributed by atoms with Crippen LogP contribution in [0.15, 0.2) is 24.3 Å². The number of quaternary nitrogens is 2. The highest BCUT2D eigenvalue weighted by Gasteiger charge is 2.17. The van der Waals surface area contributed by atoms with Crippen LogP contribution in [0.5, 0.6) is 0 Å². The monoisotopic (exact) mass is 623 g/mol. The Morgan fingerprint density at radius 1 is 0.409 bits per heavy atom. The van der Waals surface area contributed by atoms with Gasteiger partial charge in [0.1, 0.15) is 0 Å². The Morgan fingerprint density at radius 2 is 0.614 bits per heavy atom. The molecule has 0 aliphatic carbocycles. The highest BCUT2D eigenvalue weighted by Crippen LogP contribution is 2.14. The van der Waals surface area contributed by atoms with Gasteiger partial charge in [-0.15, -0.1) is 0 Å². The van der Waals surface area contributed by atoms with Crippen LogP contribution in [-0.2, 0) is 19.1 Å². The van der Waals surface area contributed by atoms with Crippen LogP contribution in [0.2, 0.25) is 0 Å². The maximum atomic E-state index is 11.3. The third-order valence-corrected chi connectivity index (χ3v) is 8.76. The fraction of sp³-hybridized carbons (Fsp3) is 0.842. The lowest BCUT2D eigenvalue weighted by molar-refractivity contribution is -0.897. The smallest absolute Gasteiger partial charge is 0.333 e. The second-order valence-electron chi connectivity index (χ2n) is 14.7. The highest BCUT2D eigenvalue weighted by molar-refractivity contribution is 5.87. The Kier molecular flexibility index (Phi) is 25.5. The summed E-state index contributed by atoms with van der Waals surface area (Å²) in [6.07, 6.45) is 25.4. The van der Waals surface area contributed by atoms with Crippen molar-refractivity contribution in [3.05, 3.63) is 24.3 Å². The molecule has 0 spiro atoms. The Hall–Kier alpha value is -1.66. The van der Waals surface area contributed by atoms with E-state index in [9.17, 15) is 9.59 Å². The highest BCUT2D eigenvalue weighted by atomic mass is 16.5. The zero-order valence-corrected chi connectivity index (χ0v) is 30.3. The second kappa shape index (κ2) is 26.5. The SMILES string of the molecule is C=C(C)C(=O)OCCCCCCCCCCC[N+](C)(C)CCCC[N+](C)(C)CCCCCCCCCCCOC(=O)C(=C)C. The first-order valence-corrected chi connectivity index (χ1v) is 18.2. The Bertz CT molecular complexity index is 711. The molecule has 0 radical (unpaired) electrons. The number of esters is 2. The molecule has 0 aliphatic heterocycles. The average Bonchev–Trinajstić information content (AvgIpc) is 2.96. The van der Waals surface area contributed by atoms with Gasteiger partial charge in [0.2, 0.25) is 0 Å². The van der Waals surface area contributed by atoms with E-state index in [0.717, 1.165) is 34.6 Å². The molecule has 0 rings (SSSR count). The zero-order valence-electron chi connectivity index (χ0n) is 30.3. The van der Waals surface area contributed by atoms with Crippen molar-refractivity contribution < 1.29 is 28.0 Å². The quantitative estimate of drug-likeness (QED) is 0.0335. The van der Waals surface area contributed by atoms with Crippen molar-refractivity contribution in [3.63, 3.8) is 0 Å². The minimum Gasteiger partial charge on any atom is -0.462 e. The summed E-state index contributed by atoms with van der Waals surface area (Å²) < 4.78 is 12.6. The summed E-state index contributed by atoms with van der Waals surface area (Å²) in [5.41, 5.74) is 0.968. The van der Waals surface area contributed by atoms with E-state index in [1.54, 1.807) is 13.8 Å². The van der Waals surface area contributed by atoms with Gasteiger partial charge in [0.05, 0.1) is 67.6 Å². The summed E-state index contributed by atoms with van der Waals surface area (Å²) in [4.78, 5) is 22.7. The van der Waals surface area contributed by atoms with Gasteiger partial charge in [0.15, 0.2) is 0 Å². The molecule has 44 heavy (non-hydrogen) atoms. The van der Waals surface area contributed by atoms with Crippen molar-refractivity contribution in [2.45, 2.75) is 142 Å². The molecular weight excluding hydrogens is 548 g/mol. The predicted molar refractivity (Wildman–Crippen MR) is 188 cm³/mol. The lowest BCUT2D eigenvalue weighted by atomic mass is 10.1. The molecular formula is C38H74N2O4+2. The molecule has 0 aromatic rings. The normalized spacial score (nSPS) is 11.9.